The molecule has 0 aromatic carbocycles. The van der Waals surface area contributed by atoms with Crippen LogP contribution in [0.25, 0.3) is 0 Å². The predicted octanol–water partition coefficient (Wildman–Crippen LogP) is 1.79. The molecular formula is C13H30N6O3. The second kappa shape index (κ2) is 15.3. The molecule has 0 saturated carbocycles. The van der Waals surface area contributed by atoms with Crippen LogP contribution in [-0.2, 0) is 0 Å². The molecule has 0 aliphatic heterocycles. The van der Waals surface area contributed by atoms with Gasteiger partial charge in [-0.05, 0) is 12.8 Å². The first kappa shape index (κ1) is 22.2. The molecule has 0 aliphatic carbocycles. The van der Waals surface area contributed by atoms with Crippen molar-refractivity contribution in [3.05, 3.63) is 10.1 Å². The lowest BCUT2D eigenvalue weighted by Gasteiger charge is -2.26. The van der Waals surface area contributed by atoms with Crippen molar-refractivity contribution < 1.29 is 10.3 Å². The molecule has 0 saturated heterocycles. The van der Waals surface area contributed by atoms with Crippen LogP contribution in [0.4, 0.5) is 0 Å². The van der Waals surface area contributed by atoms with E-state index in [1.54, 1.807) is 7.05 Å². The van der Waals surface area contributed by atoms with E-state index in [9.17, 15) is 0 Å². The smallest absolute Gasteiger partial charge is 0.291 e. The van der Waals surface area contributed by atoms with Crippen LogP contribution in [0.2, 0.25) is 0 Å². The molecule has 0 rings (SSSR count). The molecule has 22 heavy (non-hydrogen) atoms. The lowest BCUT2D eigenvalue weighted by molar-refractivity contribution is -0.742. The fraction of sp³-hybridized carbons (Fsp3) is 0.846. The third-order valence-electron chi connectivity index (χ3n) is 2.82. The van der Waals surface area contributed by atoms with Crippen molar-refractivity contribution in [2.24, 2.45) is 10.7 Å². The summed E-state index contributed by atoms with van der Waals surface area (Å²) in [5, 5.41) is 23.8. The molecule has 0 heterocycles. The number of nitrogens with one attached hydrogen (secondary N) is 2. The molecular weight excluding hydrogens is 288 g/mol. The van der Waals surface area contributed by atoms with Gasteiger partial charge in [0.15, 0.2) is 11.9 Å². The normalized spacial score (nSPS) is 10.4. The lowest BCUT2D eigenvalue weighted by Crippen LogP contribution is -2.47. The van der Waals surface area contributed by atoms with Crippen LogP contribution in [0.15, 0.2) is 4.99 Å². The molecule has 0 unspecified atom stereocenters. The first-order valence-corrected chi connectivity index (χ1v) is 7.54. The average Bonchev–Trinajstić information content (AvgIpc) is 2.43. The molecule has 0 atom stereocenters. The van der Waals surface area contributed by atoms with Gasteiger partial charge in [-0.2, -0.15) is 0 Å². The monoisotopic (exact) mass is 318 g/mol. The molecule has 0 fully saturated rings. The van der Waals surface area contributed by atoms with Crippen molar-refractivity contribution in [1.29, 1.82) is 5.41 Å². The number of guanidine groups is 2. The van der Waals surface area contributed by atoms with Gasteiger partial charge in [0.2, 0.25) is 0 Å². The van der Waals surface area contributed by atoms with Gasteiger partial charge in [0.1, 0.15) is 0 Å². The fourth-order valence-electron chi connectivity index (χ4n) is 1.83. The number of aliphatic imine (C=N–C) groups is 1. The Hall–Kier alpha value is -2.06. The van der Waals surface area contributed by atoms with Gasteiger partial charge >= 0.3 is 0 Å². The van der Waals surface area contributed by atoms with Crippen molar-refractivity contribution in [3.8, 4) is 0 Å². The van der Waals surface area contributed by atoms with Crippen LogP contribution >= 0.6 is 0 Å². The summed E-state index contributed by atoms with van der Waals surface area (Å²) in [6, 6.07) is 0. The SMILES string of the molecule is CCCCCN(CCCCC)/C(=N\C)NC(=N)N.O=[N+]([O-])O. The predicted molar refractivity (Wildman–Crippen MR) is 87.8 cm³/mol. The molecule has 0 radical (unpaired) electrons. The number of nitrogens with two attached hydrogens (primary N) is 1. The zero-order valence-corrected chi connectivity index (χ0v) is 13.8. The van der Waals surface area contributed by atoms with E-state index < -0.39 is 5.09 Å². The zero-order chi connectivity index (χ0) is 17.4. The Morgan fingerprint density at radius 1 is 1.27 bits per heavy atom. The van der Waals surface area contributed by atoms with Gasteiger partial charge in [-0.15, -0.1) is 10.1 Å². The Morgan fingerprint density at radius 3 is 1.95 bits per heavy atom. The first-order chi connectivity index (χ1) is 10.4. The largest absolute Gasteiger partial charge is 0.370 e. The molecule has 0 bridgehead atoms. The topological polar surface area (TPSA) is 141 Å². The van der Waals surface area contributed by atoms with Crippen molar-refractivity contribution >= 4 is 11.9 Å². The Morgan fingerprint density at radius 2 is 1.68 bits per heavy atom. The van der Waals surface area contributed by atoms with E-state index in [-0.39, 0.29) is 5.96 Å². The van der Waals surface area contributed by atoms with E-state index in [4.69, 9.17) is 26.5 Å². The zero-order valence-electron chi connectivity index (χ0n) is 13.8. The number of hydrogen-bond acceptors (Lipinski definition) is 4. The average molecular weight is 318 g/mol. The second-order valence-corrected chi connectivity index (χ2v) is 4.72. The van der Waals surface area contributed by atoms with E-state index >= 15 is 0 Å². The minimum absolute atomic E-state index is 0.0495. The summed E-state index contributed by atoms with van der Waals surface area (Å²) in [7, 11) is 1.73. The van der Waals surface area contributed by atoms with Crippen LogP contribution in [0.5, 0.6) is 0 Å². The Labute approximate surface area is 132 Å². The fourth-order valence-corrected chi connectivity index (χ4v) is 1.83. The van der Waals surface area contributed by atoms with Crippen LogP contribution in [0.1, 0.15) is 52.4 Å². The summed E-state index contributed by atoms with van der Waals surface area (Å²) in [6.07, 6.45) is 7.17. The lowest BCUT2D eigenvalue weighted by atomic mass is 10.2. The molecule has 0 aromatic heterocycles. The van der Waals surface area contributed by atoms with Crippen molar-refractivity contribution in [1.82, 2.24) is 10.2 Å². The highest BCUT2D eigenvalue weighted by atomic mass is 16.9. The number of nitrogens with zero attached hydrogens (tertiary/aromatic N) is 3. The van der Waals surface area contributed by atoms with Crippen molar-refractivity contribution in [2.75, 3.05) is 20.1 Å². The van der Waals surface area contributed by atoms with Gasteiger partial charge < -0.3 is 15.8 Å². The molecule has 9 heteroatoms. The van der Waals surface area contributed by atoms with E-state index in [0.717, 1.165) is 31.9 Å². The Kier molecular flexibility index (Phi) is 15.5. The molecule has 0 spiro atoms. The molecule has 9 nitrogen and oxygen atoms in total. The summed E-state index contributed by atoms with van der Waals surface area (Å²) in [5.74, 6) is 0.668. The van der Waals surface area contributed by atoms with Gasteiger partial charge in [-0.25, -0.2) is 0 Å². The van der Waals surface area contributed by atoms with E-state index in [1.807, 2.05) is 0 Å². The third-order valence-corrected chi connectivity index (χ3v) is 2.82. The highest BCUT2D eigenvalue weighted by Crippen LogP contribution is 2.03. The van der Waals surface area contributed by atoms with Gasteiger partial charge in [0.25, 0.3) is 5.09 Å². The summed E-state index contributed by atoms with van der Waals surface area (Å²) in [5.41, 5.74) is 5.38. The quantitative estimate of drug-likeness (QED) is 0.177. The molecule has 130 valence electrons. The van der Waals surface area contributed by atoms with Crippen molar-refractivity contribution in [3.63, 3.8) is 0 Å². The van der Waals surface area contributed by atoms with Gasteiger partial charge in [0.05, 0.1) is 0 Å². The highest BCUT2D eigenvalue weighted by Gasteiger charge is 2.10. The Balaban J connectivity index is 0. The van der Waals surface area contributed by atoms with E-state index in [2.05, 4.69) is 29.1 Å². The summed E-state index contributed by atoms with van der Waals surface area (Å²) >= 11 is 0. The maximum Gasteiger partial charge on any atom is 0.291 e. The van der Waals surface area contributed by atoms with Crippen LogP contribution in [0, 0.1) is 15.5 Å². The minimum atomic E-state index is -1.50. The third kappa shape index (κ3) is 16.0. The second-order valence-electron chi connectivity index (χ2n) is 4.72. The molecule has 0 aliphatic rings. The standard InChI is InChI=1S/C13H29N5.HNO3/c1-4-6-8-10-18(11-9-7-5-2)13(16-3)17-12(14)15;2-1(3)4/h4-11H2,1-3H3,(H4,14,15,16,17);(H,2,3,4). The molecule has 0 amide bonds. The first-order valence-electron chi connectivity index (χ1n) is 7.54. The van der Waals surface area contributed by atoms with E-state index in [0.29, 0.717) is 0 Å². The highest BCUT2D eigenvalue weighted by molar-refractivity contribution is 5.96. The minimum Gasteiger partial charge on any atom is -0.370 e. The van der Waals surface area contributed by atoms with Crippen molar-refractivity contribution in [2.45, 2.75) is 52.4 Å². The van der Waals surface area contributed by atoms with Crippen LogP contribution < -0.4 is 11.1 Å². The van der Waals surface area contributed by atoms with Gasteiger partial charge in [-0.1, -0.05) is 39.5 Å². The Bertz CT molecular complexity index is 322. The van der Waals surface area contributed by atoms with Gasteiger partial charge in [0, 0.05) is 20.1 Å². The number of rotatable bonds is 8. The molecule has 0 aromatic rings. The van der Waals surface area contributed by atoms with E-state index in [1.165, 1.54) is 25.7 Å². The summed E-state index contributed by atoms with van der Waals surface area (Å²) in [6.45, 7) is 6.35. The number of unbranched alkanes of at least 4 members (excludes halogenated alkanes) is 4. The van der Waals surface area contributed by atoms with Crippen LogP contribution in [0.3, 0.4) is 0 Å². The summed E-state index contributed by atoms with van der Waals surface area (Å²) in [4.78, 5) is 14.8. The molecule has 5 N–H and O–H groups in total. The van der Waals surface area contributed by atoms with Gasteiger partial charge in [-0.3, -0.25) is 15.7 Å². The summed E-state index contributed by atoms with van der Waals surface area (Å²) < 4.78 is 0. The maximum atomic E-state index is 8.36. The number of hydrogen-bond donors (Lipinski definition) is 4. The van der Waals surface area contributed by atoms with Crippen LogP contribution in [-0.4, -0.2) is 47.3 Å². The maximum absolute atomic E-state index is 8.36.